The highest BCUT2D eigenvalue weighted by Gasteiger charge is 2.52. The summed E-state index contributed by atoms with van der Waals surface area (Å²) in [6, 6.07) is 11.5. The number of nitro benzene ring substituents is 1. The van der Waals surface area contributed by atoms with Gasteiger partial charge in [-0.25, -0.2) is 92.6 Å². The van der Waals surface area contributed by atoms with Gasteiger partial charge in [-0.3, -0.25) is 10.1 Å². The molecule has 61 heavy (non-hydrogen) atoms. The van der Waals surface area contributed by atoms with Gasteiger partial charge in [-0.1, -0.05) is 12.1 Å². The molecule has 5 aromatic carbocycles. The van der Waals surface area contributed by atoms with Crippen LogP contribution in [0.15, 0.2) is 54.9 Å². The van der Waals surface area contributed by atoms with E-state index in [4.69, 9.17) is 4.84 Å². The first kappa shape index (κ1) is 45.2. The van der Waals surface area contributed by atoms with Crippen molar-refractivity contribution >= 4 is 33.7 Å². The van der Waals surface area contributed by atoms with Crippen molar-refractivity contribution in [2.24, 2.45) is 0 Å². The molecule has 0 spiro atoms. The maximum Gasteiger partial charge on any atom is 0.273 e. The van der Waals surface area contributed by atoms with Crippen LogP contribution in [0.25, 0.3) is 0 Å². The SMILES string of the molecule is Fc1c(F)c(F)c([B-](c2c(F)c(F)c(F)c(F)c2F)(c2c(F)c(F)c(F)c(F)c2F)c2c(F)c(F)c(F)c(F)c2F)c(F)c1F.O=[N+]([O-])c1cccc(O[n+]2ccccc2)c1. The maximum absolute atomic E-state index is 15.4. The normalized spacial score (nSPS) is 11.4. The van der Waals surface area contributed by atoms with Crippen molar-refractivity contribution in [3.05, 3.63) is 181 Å². The van der Waals surface area contributed by atoms with Gasteiger partial charge in [0.15, 0.2) is 69.8 Å². The van der Waals surface area contributed by atoms with E-state index >= 15 is 35.1 Å². The first-order valence-electron chi connectivity index (χ1n) is 15.6. The lowest BCUT2D eigenvalue weighted by atomic mass is 9.12. The van der Waals surface area contributed by atoms with Gasteiger partial charge in [0.05, 0.1) is 11.0 Å². The number of benzene rings is 5. The summed E-state index contributed by atoms with van der Waals surface area (Å²) >= 11 is 0. The molecule has 6 rings (SSSR count). The molecule has 320 valence electrons. The summed E-state index contributed by atoms with van der Waals surface area (Å²) in [5.41, 5.74) is -14.3. The zero-order valence-corrected chi connectivity index (χ0v) is 28.5. The average Bonchev–Trinajstić information content (AvgIpc) is 3.24. The molecule has 26 heteroatoms. The molecule has 0 saturated heterocycles. The number of rotatable bonds is 7. The van der Waals surface area contributed by atoms with Crippen LogP contribution in [0.2, 0.25) is 0 Å². The zero-order chi connectivity index (χ0) is 45.7. The van der Waals surface area contributed by atoms with Crippen LogP contribution in [-0.2, 0) is 0 Å². The summed E-state index contributed by atoms with van der Waals surface area (Å²) in [7, 11) is 0. The van der Waals surface area contributed by atoms with Crippen molar-refractivity contribution in [3.8, 4) is 5.75 Å². The van der Waals surface area contributed by atoms with Gasteiger partial charge in [0, 0.05) is 22.9 Å². The van der Waals surface area contributed by atoms with E-state index in [1.807, 2.05) is 6.07 Å². The topological polar surface area (TPSA) is 56.3 Å². The molecule has 0 saturated carbocycles. The number of hydrogen-bond acceptors (Lipinski definition) is 3. The highest BCUT2D eigenvalue weighted by Crippen LogP contribution is 2.31. The standard InChI is InChI=1S/C24BF20.C11H9N2O3/c26-5-1(6(27)14(35)21(42)13(5)34)25(2-7(28)15(36)22(43)16(37)8(2)29,3-9(30)17(38)23(44)18(39)10(3)31)4-11(32)19(40)24(45)20(41)12(4)33;14-13(15)10-5-4-6-11(9-10)16-12-7-2-1-3-8-12/h;1-9H/q-1;+1. The fraction of sp³-hybridized carbons (Fsp3) is 0. The van der Waals surface area contributed by atoms with Gasteiger partial charge < -0.3 is 0 Å². The molecule has 0 aliphatic rings. The van der Waals surface area contributed by atoms with Gasteiger partial charge in [0.25, 0.3) is 5.69 Å². The summed E-state index contributed by atoms with van der Waals surface area (Å²) in [4.78, 5) is 15.5. The second-order valence-electron chi connectivity index (χ2n) is 11.9. The summed E-state index contributed by atoms with van der Waals surface area (Å²) in [6.07, 6.45) is -3.80. The first-order valence-corrected chi connectivity index (χ1v) is 15.6. The van der Waals surface area contributed by atoms with E-state index in [0.717, 1.165) is 0 Å². The number of nitrogens with zero attached hydrogens (tertiary/aromatic N) is 2. The van der Waals surface area contributed by atoms with Crippen LogP contribution >= 0.6 is 0 Å². The number of halogens is 20. The second-order valence-corrected chi connectivity index (χ2v) is 11.9. The van der Waals surface area contributed by atoms with Gasteiger partial charge in [-0.2, -0.15) is 0 Å². The molecule has 1 heterocycles. The lowest BCUT2D eigenvalue weighted by Gasteiger charge is -2.44. The highest BCUT2D eigenvalue weighted by molar-refractivity contribution is 7.20. The van der Waals surface area contributed by atoms with Gasteiger partial charge in [-0.05, 0) is 6.07 Å². The van der Waals surface area contributed by atoms with Crippen LogP contribution in [0.1, 0.15) is 0 Å². The Bertz CT molecular complexity index is 2390. The van der Waals surface area contributed by atoms with E-state index in [-0.39, 0.29) is 5.69 Å². The molecule has 5 nitrogen and oxygen atoms in total. The number of pyridine rings is 1. The third kappa shape index (κ3) is 7.17. The highest BCUT2D eigenvalue weighted by atomic mass is 19.2. The molecule has 0 amide bonds. The number of hydrogen-bond donors (Lipinski definition) is 0. The Balaban J connectivity index is 0.000000366. The van der Waals surface area contributed by atoms with Crippen LogP contribution in [0.5, 0.6) is 5.75 Å². The Labute approximate surface area is 323 Å². The van der Waals surface area contributed by atoms with E-state index < -0.39 is 149 Å². The van der Waals surface area contributed by atoms with Crippen LogP contribution < -0.4 is 31.4 Å². The van der Waals surface area contributed by atoms with Gasteiger partial charge >= 0.3 is 0 Å². The Morgan fingerprint density at radius 2 is 0.656 bits per heavy atom. The summed E-state index contributed by atoms with van der Waals surface area (Å²) < 4.78 is 295. The third-order valence-corrected chi connectivity index (χ3v) is 8.63. The molecule has 0 unspecified atom stereocenters. The fourth-order valence-electron chi connectivity index (χ4n) is 6.09. The van der Waals surface area contributed by atoms with Crippen molar-refractivity contribution in [3.63, 3.8) is 0 Å². The minimum absolute atomic E-state index is 0.00836. The molecule has 0 aliphatic carbocycles. The summed E-state index contributed by atoms with van der Waals surface area (Å²) in [5, 5.41) is 10.5. The van der Waals surface area contributed by atoms with E-state index in [1.165, 1.54) is 16.9 Å². The molecule has 0 bridgehead atoms. The summed E-state index contributed by atoms with van der Waals surface area (Å²) in [5.74, 6) is -71.0. The monoisotopic (exact) mass is 896 g/mol. The molecular weight excluding hydrogens is 887 g/mol. The van der Waals surface area contributed by atoms with Crippen molar-refractivity contribution in [1.29, 1.82) is 0 Å². The molecule has 0 fully saturated rings. The maximum atomic E-state index is 15.4. The Morgan fingerprint density at radius 1 is 0.393 bits per heavy atom. The number of aromatic nitrogens is 1. The van der Waals surface area contributed by atoms with Crippen LogP contribution in [-0.4, -0.2) is 11.1 Å². The molecule has 0 aliphatic heterocycles. The number of non-ortho nitro benzene ring substituents is 1. The molecule has 0 atom stereocenters. The van der Waals surface area contributed by atoms with Crippen molar-refractivity contribution in [2.45, 2.75) is 0 Å². The third-order valence-electron chi connectivity index (χ3n) is 8.63. The predicted molar refractivity (Wildman–Crippen MR) is 165 cm³/mol. The Morgan fingerprint density at radius 3 is 0.918 bits per heavy atom. The summed E-state index contributed by atoms with van der Waals surface area (Å²) in [6.45, 7) is 0. The van der Waals surface area contributed by atoms with E-state index in [2.05, 4.69) is 0 Å². The Kier molecular flexibility index (Phi) is 12.3. The van der Waals surface area contributed by atoms with Crippen LogP contribution in [0, 0.1) is 126 Å². The van der Waals surface area contributed by atoms with E-state index in [9.17, 15) is 62.8 Å². The first-order chi connectivity index (χ1) is 28.5. The molecule has 6 aromatic rings. The lowest BCUT2D eigenvalue weighted by molar-refractivity contribution is -0.875. The molecular formula is C35H9BF20N2O3. The minimum Gasteiger partial charge on any atom is -0.258 e. The Hall–Kier alpha value is -6.89. The molecule has 0 radical (unpaired) electrons. The van der Waals surface area contributed by atoms with E-state index in [0.29, 0.717) is 5.75 Å². The van der Waals surface area contributed by atoms with E-state index in [1.54, 1.807) is 36.7 Å². The van der Waals surface area contributed by atoms with Gasteiger partial charge in [0.2, 0.25) is 18.1 Å². The quantitative estimate of drug-likeness (QED) is 0.0317. The second kappa shape index (κ2) is 16.6. The van der Waals surface area contributed by atoms with Crippen molar-refractivity contribution in [1.82, 2.24) is 0 Å². The van der Waals surface area contributed by atoms with Crippen LogP contribution in [0.3, 0.4) is 0 Å². The lowest BCUT2D eigenvalue weighted by Crippen LogP contribution is -2.81. The minimum atomic E-state index is -7.22. The average molecular weight is 896 g/mol. The largest absolute Gasteiger partial charge is 0.273 e. The van der Waals surface area contributed by atoms with Crippen molar-refractivity contribution in [2.75, 3.05) is 0 Å². The predicted octanol–water partition coefficient (Wildman–Crippen LogP) is 7.57. The number of nitro groups is 1. The van der Waals surface area contributed by atoms with Crippen LogP contribution in [0.4, 0.5) is 93.5 Å². The fourth-order valence-corrected chi connectivity index (χ4v) is 6.09. The van der Waals surface area contributed by atoms with Crippen molar-refractivity contribution < 1.29 is 102 Å². The van der Waals surface area contributed by atoms with Gasteiger partial charge in [0.1, 0.15) is 52.7 Å². The molecule has 0 N–H and O–H groups in total. The molecule has 1 aromatic heterocycles. The van der Waals surface area contributed by atoms with Gasteiger partial charge in [-0.15, -0.1) is 21.9 Å². The smallest absolute Gasteiger partial charge is 0.258 e. The zero-order valence-electron chi connectivity index (χ0n) is 28.5.